The number of carbonyl (C=O) groups excluding carboxylic acids is 8. The number of nitrogens with zero attached hydrogens (tertiary/aromatic N) is 1. The fourth-order valence-electron chi connectivity index (χ4n) is 11.6. The lowest BCUT2D eigenvalue weighted by atomic mass is 9.93. The highest BCUT2D eigenvalue weighted by Crippen LogP contribution is 2.22. The first kappa shape index (κ1) is 91.6. The minimum atomic E-state index is -0.395. The van der Waals surface area contributed by atoms with Gasteiger partial charge in [-0.05, 0) is 115 Å². The summed E-state index contributed by atoms with van der Waals surface area (Å²) in [6.07, 6.45) is 39.0. The summed E-state index contributed by atoms with van der Waals surface area (Å²) in [5, 5.41) is 17.8. The van der Waals surface area contributed by atoms with Gasteiger partial charge in [0.05, 0.1) is 13.2 Å². The number of unbranched alkanes of at least 4 members (excludes halogenated alkanes) is 19. The van der Waals surface area contributed by atoms with E-state index >= 15 is 0 Å². The number of hydrogen-bond donors (Lipinski definition) is 6. The summed E-state index contributed by atoms with van der Waals surface area (Å²) in [6, 6.07) is 4.71. The van der Waals surface area contributed by atoms with Crippen molar-refractivity contribution in [2.75, 3.05) is 132 Å². The zero-order valence-electron chi connectivity index (χ0n) is 63.4. The molecule has 0 saturated carbocycles. The number of amides is 8. The van der Waals surface area contributed by atoms with Crippen molar-refractivity contribution in [1.82, 2.24) is 36.8 Å². The van der Waals surface area contributed by atoms with E-state index in [1.807, 2.05) is 0 Å². The largest absolute Gasteiger partial charge is 0.492 e. The quantitative estimate of drug-likeness (QED) is 0.0261. The van der Waals surface area contributed by atoms with Gasteiger partial charge in [-0.3, -0.25) is 43.3 Å². The molecule has 2 rings (SSSR count). The van der Waals surface area contributed by atoms with Gasteiger partial charge in [-0.25, -0.2) is 0 Å². The molecule has 2 atom stereocenters. The molecule has 22 nitrogen and oxygen atoms in total. The third-order valence-electron chi connectivity index (χ3n) is 17.7. The van der Waals surface area contributed by atoms with Crippen LogP contribution in [0.25, 0.3) is 0 Å². The van der Waals surface area contributed by atoms with Crippen molar-refractivity contribution in [3.05, 3.63) is 41.5 Å². The maximum Gasteiger partial charge on any atom is 0.253 e. The number of ether oxygens (including phenoxy) is 7. The minimum Gasteiger partial charge on any atom is -0.492 e. The SMILES string of the molecule is CCCCCCCCC(CCCCCC)C(=O)NCCCOCCCNC(=O)c1cc(OCCNC(=O)CCCOCCCCOCCCCOCCCCOCCCNC(=O)CCN2C(=O)C=CC2=O)cc(C(=O)NCCOCCCNC(=O)C(CCCCCC)CCCCCCCC)c1. The van der Waals surface area contributed by atoms with Crippen molar-refractivity contribution < 1.29 is 71.5 Å². The van der Waals surface area contributed by atoms with Crippen LogP contribution in [0.1, 0.15) is 286 Å². The smallest absolute Gasteiger partial charge is 0.253 e. The van der Waals surface area contributed by atoms with Gasteiger partial charge in [0, 0.05) is 160 Å². The topological polar surface area (TPSA) is 277 Å². The zero-order valence-corrected chi connectivity index (χ0v) is 63.4. The van der Waals surface area contributed by atoms with Crippen LogP contribution < -0.4 is 36.6 Å². The first-order chi connectivity index (χ1) is 49.4. The fraction of sp³-hybridized carbons (Fsp3) is 0.797. The van der Waals surface area contributed by atoms with Gasteiger partial charge < -0.3 is 65.1 Å². The Bertz CT molecular complexity index is 2310. The summed E-state index contributed by atoms with van der Waals surface area (Å²) >= 11 is 0. The monoisotopic (exact) mass is 1430 g/mol. The van der Waals surface area contributed by atoms with Gasteiger partial charge in [0.15, 0.2) is 0 Å². The lowest BCUT2D eigenvalue weighted by molar-refractivity contribution is -0.137. The molecule has 0 aromatic heterocycles. The van der Waals surface area contributed by atoms with Crippen LogP contribution in [0.5, 0.6) is 5.75 Å². The molecule has 2 unspecified atom stereocenters. The van der Waals surface area contributed by atoms with Gasteiger partial charge in [-0.15, -0.1) is 0 Å². The standard InChI is InChI=1S/C79H139N7O15/c1-5-9-13-17-19-23-38-67(36-21-15-11-7-3)76(91)82-45-33-59-99-60-34-47-84-78(93)69-64-70(79(94)85-48-62-100-61-35-46-83-77(92)68(37-22-16-12-8-4)39-24-20-18-14-10-6-2)66-71(65-69)101-63-49-81-72(87)40-31-57-97-55-29-27-53-95-51-25-26-52-96-54-28-30-56-98-58-32-44-80-73(88)43-50-86-74(89)41-42-75(86)90/h41-42,64-68H,5-40,43-63H2,1-4H3,(H,80,88)(H,81,87)(H,82,91)(H,83,92)(H,84,93)(H,85,94). The molecule has 1 heterocycles. The van der Waals surface area contributed by atoms with Crippen LogP contribution in [-0.2, 0) is 57.2 Å². The molecular formula is C79H139N7O15. The second-order valence-corrected chi connectivity index (χ2v) is 26.8. The van der Waals surface area contributed by atoms with E-state index in [0.717, 1.165) is 101 Å². The number of hydrogen-bond acceptors (Lipinski definition) is 15. The molecule has 1 aromatic rings. The van der Waals surface area contributed by atoms with E-state index in [2.05, 4.69) is 59.6 Å². The molecule has 1 aliphatic heterocycles. The summed E-state index contributed by atoms with van der Waals surface area (Å²) < 4.78 is 40.7. The first-order valence-corrected chi connectivity index (χ1v) is 39.9. The van der Waals surface area contributed by atoms with Crippen LogP contribution in [0.4, 0.5) is 0 Å². The maximum atomic E-state index is 13.6. The normalized spacial score (nSPS) is 12.6. The van der Waals surface area contributed by atoms with Gasteiger partial charge in [0.1, 0.15) is 12.4 Å². The number of benzene rings is 1. The van der Waals surface area contributed by atoms with Crippen LogP contribution in [0, 0.1) is 11.8 Å². The highest BCUT2D eigenvalue weighted by atomic mass is 16.5. The second-order valence-electron chi connectivity index (χ2n) is 26.8. The van der Waals surface area contributed by atoms with Crippen LogP contribution in [0.15, 0.2) is 30.4 Å². The second kappa shape index (κ2) is 66.4. The van der Waals surface area contributed by atoms with Gasteiger partial charge in [0.2, 0.25) is 23.6 Å². The van der Waals surface area contributed by atoms with E-state index in [0.29, 0.717) is 143 Å². The van der Waals surface area contributed by atoms with Gasteiger partial charge in [-0.2, -0.15) is 0 Å². The Morgan fingerprint density at radius 1 is 0.327 bits per heavy atom. The predicted molar refractivity (Wildman–Crippen MR) is 400 cm³/mol. The van der Waals surface area contributed by atoms with E-state index < -0.39 is 5.91 Å². The van der Waals surface area contributed by atoms with Crippen LogP contribution in [0.3, 0.4) is 0 Å². The number of carbonyl (C=O) groups is 8. The van der Waals surface area contributed by atoms with Gasteiger partial charge in [-0.1, -0.05) is 156 Å². The highest BCUT2D eigenvalue weighted by molar-refractivity contribution is 6.13. The average molecular weight is 1430 g/mol. The summed E-state index contributed by atoms with van der Waals surface area (Å²) in [6.45, 7) is 18.0. The Balaban J connectivity index is 1.69. The van der Waals surface area contributed by atoms with Crippen LogP contribution in [-0.4, -0.2) is 184 Å². The lowest BCUT2D eigenvalue weighted by Gasteiger charge is -2.17. The molecule has 8 amide bonds. The molecule has 1 aliphatic rings. The summed E-state index contributed by atoms with van der Waals surface area (Å²) in [4.78, 5) is 102. The fourth-order valence-corrected chi connectivity index (χ4v) is 11.6. The van der Waals surface area contributed by atoms with Gasteiger partial charge in [0.25, 0.3) is 23.6 Å². The Hall–Kier alpha value is -5.52. The molecule has 6 N–H and O–H groups in total. The molecule has 1 aromatic carbocycles. The predicted octanol–water partition coefficient (Wildman–Crippen LogP) is 12.8. The minimum absolute atomic E-state index is 0.0538. The average Bonchev–Trinajstić information content (AvgIpc) is 1.09. The molecular weight excluding hydrogens is 1290 g/mol. The van der Waals surface area contributed by atoms with Crippen LogP contribution in [0.2, 0.25) is 0 Å². The van der Waals surface area contributed by atoms with Crippen molar-refractivity contribution in [2.24, 2.45) is 11.8 Å². The third kappa shape index (κ3) is 52.1. The Kier molecular flexibility index (Phi) is 60.2. The van der Waals surface area contributed by atoms with Gasteiger partial charge >= 0.3 is 0 Å². The van der Waals surface area contributed by atoms with Crippen molar-refractivity contribution >= 4 is 47.3 Å². The first-order valence-electron chi connectivity index (χ1n) is 39.9. The molecule has 0 radical (unpaired) electrons. The molecule has 0 aliphatic carbocycles. The molecule has 0 fully saturated rings. The Labute approximate surface area is 609 Å². The van der Waals surface area contributed by atoms with E-state index in [-0.39, 0.29) is 104 Å². The van der Waals surface area contributed by atoms with E-state index in [9.17, 15) is 38.4 Å². The number of imide groups is 1. The Morgan fingerprint density at radius 2 is 0.644 bits per heavy atom. The molecule has 580 valence electrons. The van der Waals surface area contributed by atoms with E-state index in [4.69, 9.17) is 33.2 Å². The van der Waals surface area contributed by atoms with E-state index in [1.165, 1.54) is 115 Å². The molecule has 0 spiro atoms. The highest BCUT2D eigenvalue weighted by Gasteiger charge is 2.24. The van der Waals surface area contributed by atoms with E-state index in [1.54, 1.807) is 12.1 Å². The third-order valence-corrected chi connectivity index (χ3v) is 17.7. The maximum absolute atomic E-state index is 13.6. The summed E-state index contributed by atoms with van der Waals surface area (Å²) in [7, 11) is 0. The molecule has 0 saturated heterocycles. The summed E-state index contributed by atoms with van der Waals surface area (Å²) in [5.74, 6) is -1.13. The van der Waals surface area contributed by atoms with Crippen molar-refractivity contribution in [3.63, 3.8) is 0 Å². The zero-order chi connectivity index (χ0) is 73.1. The molecule has 101 heavy (non-hydrogen) atoms. The van der Waals surface area contributed by atoms with Crippen LogP contribution >= 0.6 is 0 Å². The number of nitrogens with one attached hydrogen (secondary N) is 6. The van der Waals surface area contributed by atoms with Crippen molar-refractivity contribution in [1.29, 1.82) is 0 Å². The Morgan fingerprint density at radius 3 is 1.07 bits per heavy atom. The van der Waals surface area contributed by atoms with Crippen molar-refractivity contribution in [3.8, 4) is 5.75 Å². The lowest BCUT2D eigenvalue weighted by Crippen LogP contribution is -2.35. The molecule has 0 bridgehead atoms. The van der Waals surface area contributed by atoms with Crippen molar-refractivity contribution in [2.45, 2.75) is 265 Å². The number of rotatable bonds is 73. The molecule has 22 heteroatoms. The summed E-state index contributed by atoms with van der Waals surface area (Å²) in [5.41, 5.74) is 0.493.